The van der Waals surface area contributed by atoms with Crippen LogP contribution in [0.5, 0.6) is 11.5 Å². The van der Waals surface area contributed by atoms with Crippen molar-refractivity contribution in [3.63, 3.8) is 0 Å². The van der Waals surface area contributed by atoms with Crippen molar-refractivity contribution < 1.29 is 23.8 Å². The maximum Gasteiger partial charge on any atom is 0.410 e. The van der Waals surface area contributed by atoms with E-state index in [-0.39, 0.29) is 18.9 Å². The van der Waals surface area contributed by atoms with Gasteiger partial charge in [-0.15, -0.1) is 0 Å². The van der Waals surface area contributed by atoms with Gasteiger partial charge in [-0.2, -0.15) is 0 Å². The summed E-state index contributed by atoms with van der Waals surface area (Å²) in [6.45, 7) is 7.29. The van der Waals surface area contributed by atoms with Crippen LogP contribution in [0, 0.1) is 0 Å². The molecule has 0 spiro atoms. The fraction of sp³-hybridized carbons (Fsp3) is 0.556. The molecular weight excluding hydrogens is 338 g/mol. The van der Waals surface area contributed by atoms with E-state index in [2.05, 4.69) is 5.32 Å². The van der Waals surface area contributed by atoms with Crippen molar-refractivity contribution in [1.29, 1.82) is 0 Å². The van der Waals surface area contributed by atoms with E-state index in [0.29, 0.717) is 37.7 Å². The molecule has 8 heteroatoms. The molecule has 0 bridgehead atoms. The average Bonchev–Trinajstić information content (AvgIpc) is 2.60. The number of hydrogen-bond donors (Lipinski definition) is 1. The molecule has 144 valence electrons. The zero-order valence-corrected chi connectivity index (χ0v) is 15.8. The first-order chi connectivity index (χ1) is 12.3. The highest BCUT2D eigenvalue weighted by Gasteiger charge is 2.27. The molecule has 0 radical (unpaired) electrons. The van der Waals surface area contributed by atoms with Crippen molar-refractivity contribution in [3.05, 3.63) is 24.3 Å². The maximum absolute atomic E-state index is 12.2. The number of ether oxygens (including phenoxy) is 3. The second-order valence-corrected chi connectivity index (χ2v) is 6.88. The SMILES string of the molecule is COc1ccccc1OCNC(=O)N1CCN(C(=O)OC(C)(C)C)CC1. The molecule has 8 nitrogen and oxygen atoms in total. The van der Waals surface area contributed by atoms with Crippen LogP contribution in [0.25, 0.3) is 0 Å². The van der Waals surface area contributed by atoms with E-state index in [4.69, 9.17) is 14.2 Å². The smallest absolute Gasteiger partial charge is 0.410 e. The fourth-order valence-electron chi connectivity index (χ4n) is 2.44. The highest BCUT2D eigenvalue weighted by atomic mass is 16.6. The van der Waals surface area contributed by atoms with Crippen LogP contribution in [0.3, 0.4) is 0 Å². The van der Waals surface area contributed by atoms with Crippen LogP contribution in [0.4, 0.5) is 9.59 Å². The Morgan fingerprint density at radius 3 is 2.19 bits per heavy atom. The van der Waals surface area contributed by atoms with E-state index >= 15 is 0 Å². The quantitative estimate of drug-likeness (QED) is 0.828. The molecule has 1 N–H and O–H groups in total. The largest absolute Gasteiger partial charge is 0.493 e. The number of nitrogens with zero attached hydrogens (tertiary/aromatic N) is 2. The molecule has 0 atom stereocenters. The van der Waals surface area contributed by atoms with Crippen LogP contribution < -0.4 is 14.8 Å². The molecular formula is C18H27N3O5. The van der Waals surface area contributed by atoms with Crippen molar-refractivity contribution >= 4 is 12.1 Å². The third kappa shape index (κ3) is 5.72. The number of urea groups is 1. The molecule has 3 amide bonds. The first-order valence-electron chi connectivity index (χ1n) is 8.56. The molecule has 0 saturated carbocycles. The molecule has 1 aromatic rings. The Labute approximate surface area is 154 Å². The second-order valence-electron chi connectivity index (χ2n) is 6.88. The van der Waals surface area contributed by atoms with Crippen LogP contribution >= 0.6 is 0 Å². The Morgan fingerprint density at radius 1 is 1.04 bits per heavy atom. The van der Waals surface area contributed by atoms with Gasteiger partial charge in [-0.1, -0.05) is 12.1 Å². The number of rotatable bonds is 4. The summed E-state index contributed by atoms with van der Waals surface area (Å²) in [6, 6.07) is 6.99. The summed E-state index contributed by atoms with van der Waals surface area (Å²) in [7, 11) is 1.56. The number of nitrogens with one attached hydrogen (secondary N) is 1. The predicted molar refractivity (Wildman–Crippen MR) is 96.4 cm³/mol. The van der Waals surface area contributed by atoms with Gasteiger partial charge in [-0.25, -0.2) is 9.59 Å². The van der Waals surface area contributed by atoms with Gasteiger partial charge in [-0.3, -0.25) is 0 Å². The van der Waals surface area contributed by atoms with Gasteiger partial charge in [-0.05, 0) is 32.9 Å². The second kappa shape index (κ2) is 8.64. The number of methoxy groups -OCH3 is 1. The van der Waals surface area contributed by atoms with Gasteiger partial charge in [0.1, 0.15) is 5.60 Å². The Balaban J connectivity index is 1.74. The molecule has 1 fully saturated rings. The number of carbonyl (C=O) groups excluding carboxylic acids is 2. The van der Waals surface area contributed by atoms with Crippen molar-refractivity contribution in [2.45, 2.75) is 26.4 Å². The van der Waals surface area contributed by atoms with Gasteiger partial charge in [0, 0.05) is 26.2 Å². The molecule has 1 heterocycles. The van der Waals surface area contributed by atoms with Crippen molar-refractivity contribution in [2.24, 2.45) is 0 Å². The van der Waals surface area contributed by atoms with Gasteiger partial charge < -0.3 is 29.3 Å². The zero-order chi connectivity index (χ0) is 19.2. The summed E-state index contributed by atoms with van der Waals surface area (Å²) in [5, 5.41) is 2.71. The van der Waals surface area contributed by atoms with E-state index in [9.17, 15) is 9.59 Å². The van der Waals surface area contributed by atoms with Crippen molar-refractivity contribution in [2.75, 3.05) is 40.0 Å². The maximum atomic E-state index is 12.2. The van der Waals surface area contributed by atoms with Gasteiger partial charge >= 0.3 is 12.1 Å². The Bertz CT molecular complexity index is 621. The minimum Gasteiger partial charge on any atom is -0.493 e. The van der Waals surface area contributed by atoms with E-state index < -0.39 is 5.60 Å². The average molecular weight is 365 g/mol. The van der Waals surface area contributed by atoms with Crippen LogP contribution in [-0.4, -0.2) is 67.5 Å². The third-order valence-electron chi connectivity index (χ3n) is 3.74. The highest BCUT2D eigenvalue weighted by molar-refractivity contribution is 5.75. The lowest BCUT2D eigenvalue weighted by atomic mass is 10.2. The summed E-state index contributed by atoms with van der Waals surface area (Å²) < 4.78 is 16.1. The predicted octanol–water partition coefficient (Wildman–Crippen LogP) is 2.29. The summed E-state index contributed by atoms with van der Waals surface area (Å²) in [5.41, 5.74) is -0.526. The molecule has 1 aromatic carbocycles. The van der Waals surface area contributed by atoms with Gasteiger partial charge in [0.2, 0.25) is 0 Å². The lowest BCUT2D eigenvalue weighted by Crippen LogP contribution is -2.54. The fourth-order valence-corrected chi connectivity index (χ4v) is 2.44. The molecule has 26 heavy (non-hydrogen) atoms. The van der Waals surface area contributed by atoms with Crippen LogP contribution in [0.1, 0.15) is 20.8 Å². The van der Waals surface area contributed by atoms with Crippen LogP contribution in [0.2, 0.25) is 0 Å². The number of benzene rings is 1. The molecule has 1 aliphatic rings. The third-order valence-corrected chi connectivity index (χ3v) is 3.74. The highest BCUT2D eigenvalue weighted by Crippen LogP contribution is 2.25. The lowest BCUT2D eigenvalue weighted by molar-refractivity contribution is 0.0168. The van der Waals surface area contributed by atoms with Crippen LogP contribution in [-0.2, 0) is 4.74 Å². The van der Waals surface area contributed by atoms with Crippen molar-refractivity contribution in [3.8, 4) is 11.5 Å². The summed E-state index contributed by atoms with van der Waals surface area (Å²) >= 11 is 0. The topological polar surface area (TPSA) is 80.3 Å². The molecule has 1 aliphatic heterocycles. The summed E-state index contributed by atoms with van der Waals surface area (Å²) in [6.07, 6.45) is -0.350. The van der Waals surface area contributed by atoms with Crippen molar-refractivity contribution in [1.82, 2.24) is 15.1 Å². The molecule has 0 aromatic heterocycles. The van der Waals surface area contributed by atoms with E-state index in [1.54, 1.807) is 29.0 Å². The molecule has 1 saturated heterocycles. The number of hydrogen-bond acceptors (Lipinski definition) is 5. The first-order valence-corrected chi connectivity index (χ1v) is 8.56. The standard InChI is InChI=1S/C18H27N3O5/c1-18(2,3)26-17(23)21-11-9-20(10-12-21)16(22)19-13-25-15-8-6-5-7-14(15)24-4/h5-8H,9-13H2,1-4H3,(H,19,22). The van der Waals surface area contributed by atoms with E-state index in [1.165, 1.54) is 0 Å². The number of piperazine rings is 1. The normalized spacial score (nSPS) is 14.6. The van der Waals surface area contributed by atoms with Gasteiger partial charge in [0.25, 0.3) is 0 Å². The summed E-state index contributed by atoms with van der Waals surface area (Å²) in [4.78, 5) is 27.5. The number of amides is 3. The molecule has 2 rings (SSSR count). The van der Waals surface area contributed by atoms with Gasteiger partial charge in [0.05, 0.1) is 7.11 Å². The van der Waals surface area contributed by atoms with E-state index in [0.717, 1.165) is 0 Å². The zero-order valence-electron chi connectivity index (χ0n) is 15.8. The number of para-hydroxylation sites is 2. The summed E-state index contributed by atoms with van der Waals surface area (Å²) in [5.74, 6) is 1.16. The minimum absolute atomic E-state index is 0.0332. The molecule has 0 unspecified atom stereocenters. The Hall–Kier alpha value is -2.64. The Kier molecular flexibility index (Phi) is 6.54. The molecule has 0 aliphatic carbocycles. The van der Waals surface area contributed by atoms with Crippen LogP contribution in [0.15, 0.2) is 24.3 Å². The first kappa shape index (κ1) is 19.7. The van der Waals surface area contributed by atoms with E-state index in [1.807, 2.05) is 32.9 Å². The lowest BCUT2D eigenvalue weighted by Gasteiger charge is -2.35. The monoisotopic (exact) mass is 365 g/mol. The van der Waals surface area contributed by atoms with Gasteiger partial charge in [0.15, 0.2) is 18.2 Å². The number of carbonyl (C=O) groups is 2. The minimum atomic E-state index is -0.526. The Morgan fingerprint density at radius 2 is 1.62 bits per heavy atom.